The number of hydrogen-bond donors (Lipinski definition) is 3. The SMILES string of the molecule is CCCCCCCCCCCCCCC/C=C/C(O)C(CO)NC(=O)CCCCCCCCCCCCCCCCCCCCCCCCCCCCCCCCCCCCCCCOC(=O)CCCCCCCCCCCCCCCCCCCCC. The predicted octanol–water partition coefficient (Wildman–Crippen LogP) is 27.1. The van der Waals surface area contributed by atoms with Crippen molar-refractivity contribution in [1.82, 2.24) is 5.32 Å². The Balaban J connectivity index is 3.28. The van der Waals surface area contributed by atoms with Crippen LogP contribution < -0.4 is 5.32 Å². The van der Waals surface area contributed by atoms with Crippen LogP contribution in [0.5, 0.6) is 0 Å². The highest BCUT2D eigenvalue weighted by Gasteiger charge is 2.18. The standard InChI is InChI=1S/C82H161NO5/c1-3-5-7-9-11-13-15-17-19-20-40-44-48-52-56-60-64-68-72-76-82(87)88-77-73-69-65-61-57-53-49-45-42-39-37-35-33-31-29-27-25-23-21-22-24-26-28-30-32-34-36-38-41-43-47-51-55-59-63-67-71-75-81(86)83-79(78-84)80(85)74-70-66-62-58-54-50-46-18-16-14-12-10-8-6-4-2/h70,74,79-80,84-85H,3-69,71-73,75-78H2,1-2H3,(H,83,86)/b74-70+. The Kier molecular flexibility index (Phi) is 76.8. The molecule has 0 radical (unpaired) electrons. The predicted molar refractivity (Wildman–Crippen MR) is 389 cm³/mol. The summed E-state index contributed by atoms with van der Waals surface area (Å²) < 4.78 is 5.53. The molecule has 2 unspecified atom stereocenters. The van der Waals surface area contributed by atoms with Crippen molar-refractivity contribution < 1.29 is 24.5 Å². The second-order valence-electron chi connectivity index (χ2n) is 28.5. The van der Waals surface area contributed by atoms with E-state index in [1.807, 2.05) is 6.08 Å². The maximum absolute atomic E-state index is 12.5. The lowest BCUT2D eigenvalue weighted by Gasteiger charge is -2.20. The number of nitrogens with one attached hydrogen (secondary N) is 1. The molecule has 6 nitrogen and oxygen atoms in total. The summed E-state index contributed by atoms with van der Waals surface area (Å²) in [4.78, 5) is 24.6. The second-order valence-corrected chi connectivity index (χ2v) is 28.5. The summed E-state index contributed by atoms with van der Waals surface area (Å²) >= 11 is 0. The number of esters is 1. The van der Waals surface area contributed by atoms with Gasteiger partial charge in [-0.25, -0.2) is 0 Å². The van der Waals surface area contributed by atoms with Gasteiger partial charge in [-0.05, 0) is 32.1 Å². The lowest BCUT2D eigenvalue weighted by atomic mass is 10.0. The molecule has 0 aromatic heterocycles. The third kappa shape index (κ3) is 73.6. The van der Waals surface area contributed by atoms with Gasteiger partial charge in [-0.15, -0.1) is 0 Å². The topological polar surface area (TPSA) is 95.9 Å². The lowest BCUT2D eigenvalue weighted by molar-refractivity contribution is -0.143. The number of ether oxygens (including phenoxy) is 1. The zero-order valence-electron chi connectivity index (χ0n) is 60.3. The first-order valence-corrected chi connectivity index (χ1v) is 41.0. The van der Waals surface area contributed by atoms with E-state index in [4.69, 9.17) is 4.74 Å². The molecule has 88 heavy (non-hydrogen) atoms. The number of allylic oxidation sites excluding steroid dienone is 1. The van der Waals surface area contributed by atoms with Crippen molar-refractivity contribution in [2.45, 2.75) is 488 Å². The van der Waals surface area contributed by atoms with E-state index in [0.717, 1.165) is 38.5 Å². The quantitative estimate of drug-likeness (QED) is 0.0320. The van der Waals surface area contributed by atoms with Crippen LogP contribution in [0.4, 0.5) is 0 Å². The number of rotatable bonds is 78. The maximum atomic E-state index is 12.5. The highest BCUT2D eigenvalue weighted by atomic mass is 16.5. The van der Waals surface area contributed by atoms with Gasteiger partial charge in [0.05, 0.1) is 25.4 Å². The van der Waals surface area contributed by atoms with Gasteiger partial charge in [-0.3, -0.25) is 9.59 Å². The number of carbonyl (C=O) groups excluding carboxylic acids is 2. The molecule has 524 valence electrons. The highest BCUT2D eigenvalue weighted by molar-refractivity contribution is 5.76. The Labute approximate surface area is 552 Å². The van der Waals surface area contributed by atoms with Crippen LogP contribution in [0.3, 0.4) is 0 Å². The summed E-state index contributed by atoms with van der Waals surface area (Å²) in [5, 5.41) is 23.2. The Hall–Kier alpha value is -1.40. The molecule has 0 aliphatic heterocycles. The van der Waals surface area contributed by atoms with Crippen LogP contribution in [0.2, 0.25) is 0 Å². The summed E-state index contributed by atoms with van der Waals surface area (Å²) in [5.74, 6) is -0.0294. The Bertz CT molecular complexity index is 1340. The number of aliphatic hydroxyl groups excluding tert-OH is 2. The zero-order chi connectivity index (χ0) is 63.5. The van der Waals surface area contributed by atoms with E-state index in [1.165, 1.54) is 411 Å². The zero-order valence-corrected chi connectivity index (χ0v) is 60.3. The molecule has 0 aliphatic carbocycles. The second kappa shape index (κ2) is 78.0. The molecule has 0 heterocycles. The van der Waals surface area contributed by atoms with E-state index >= 15 is 0 Å². The van der Waals surface area contributed by atoms with Gasteiger partial charge in [0.25, 0.3) is 0 Å². The molecule has 0 aromatic rings. The summed E-state index contributed by atoms with van der Waals surface area (Å²) in [7, 11) is 0. The molecule has 3 N–H and O–H groups in total. The lowest BCUT2D eigenvalue weighted by Crippen LogP contribution is -2.45. The third-order valence-corrected chi connectivity index (χ3v) is 19.6. The van der Waals surface area contributed by atoms with Crippen LogP contribution in [-0.2, 0) is 14.3 Å². The molecule has 0 bridgehead atoms. The average molecular weight is 1240 g/mol. The number of unbranched alkanes of at least 4 members (excludes halogenated alkanes) is 67. The highest BCUT2D eigenvalue weighted by Crippen LogP contribution is 2.21. The Morgan fingerprint density at radius 3 is 0.773 bits per heavy atom. The van der Waals surface area contributed by atoms with Crippen molar-refractivity contribution in [3.05, 3.63) is 12.2 Å². The van der Waals surface area contributed by atoms with Gasteiger partial charge in [0.1, 0.15) is 0 Å². The van der Waals surface area contributed by atoms with Crippen LogP contribution in [0.25, 0.3) is 0 Å². The summed E-state index contributed by atoms with van der Waals surface area (Å²) in [6.45, 7) is 4.96. The molecule has 2 atom stereocenters. The van der Waals surface area contributed by atoms with Crippen LogP contribution in [0, 0.1) is 0 Å². The fourth-order valence-corrected chi connectivity index (χ4v) is 13.3. The molecule has 0 spiro atoms. The van der Waals surface area contributed by atoms with Gasteiger partial charge in [0, 0.05) is 12.8 Å². The van der Waals surface area contributed by atoms with Crippen molar-refractivity contribution in [3.63, 3.8) is 0 Å². The molecule has 0 saturated carbocycles. The maximum Gasteiger partial charge on any atom is 0.305 e. The summed E-state index contributed by atoms with van der Waals surface area (Å²) in [5.41, 5.74) is 0. The fourth-order valence-electron chi connectivity index (χ4n) is 13.3. The minimum absolute atomic E-state index is 0.0292. The molecule has 0 aromatic carbocycles. The number of hydrogen-bond acceptors (Lipinski definition) is 5. The monoisotopic (exact) mass is 1240 g/mol. The van der Waals surface area contributed by atoms with Crippen molar-refractivity contribution in [2.75, 3.05) is 13.2 Å². The molecule has 1 amide bonds. The van der Waals surface area contributed by atoms with Gasteiger partial charge in [-0.1, -0.05) is 443 Å². The van der Waals surface area contributed by atoms with Gasteiger partial charge < -0.3 is 20.3 Å². The van der Waals surface area contributed by atoms with Crippen LogP contribution >= 0.6 is 0 Å². The minimum atomic E-state index is -0.840. The van der Waals surface area contributed by atoms with Crippen LogP contribution in [-0.4, -0.2) is 47.4 Å². The Morgan fingerprint density at radius 2 is 0.523 bits per heavy atom. The first-order chi connectivity index (χ1) is 43.5. The van der Waals surface area contributed by atoms with Gasteiger partial charge >= 0.3 is 5.97 Å². The fraction of sp³-hybridized carbons (Fsp3) is 0.951. The van der Waals surface area contributed by atoms with E-state index < -0.39 is 12.1 Å². The first kappa shape index (κ1) is 86.6. The molecular formula is C82H161NO5. The van der Waals surface area contributed by atoms with E-state index in [1.54, 1.807) is 6.08 Å². The van der Waals surface area contributed by atoms with Gasteiger partial charge in [0.2, 0.25) is 5.91 Å². The summed E-state index contributed by atoms with van der Waals surface area (Å²) in [6.07, 6.45) is 99.3. The van der Waals surface area contributed by atoms with Crippen molar-refractivity contribution in [3.8, 4) is 0 Å². The van der Waals surface area contributed by atoms with E-state index in [-0.39, 0.29) is 18.5 Å². The van der Waals surface area contributed by atoms with Crippen molar-refractivity contribution in [1.29, 1.82) is 0 Å². The molecule has 0 saturated heterocycles. The minimum Gasteiger partial charge on any atom is -0.466 e. The third-order valence-electron chi connectivity index (χ3n) is 19.6. The van der Waals surface area contributed by atoms with E-state index in [9.17, 15) is 19.8 Å². The largest absolute Gasteiger partial charge is 0.466 e. The number of carbonyl (C=O) groups is 2. The van der Waals surface area contributed by atoms with Crippen LogP contribution in [0.1, 0.15) is 476 Å². The molecular weight excluding hydrogens is 1080 g/mol. The van der Waals surface area contributed by atoms with E-state index in [0.29, 0.717) is 19.4 Å². The van der Waals surface area contributed by atoms with E-state index in [2.05, 4.69) is 19.2 Å². The van der Waals surface area contributed by atoms with Crippen molar-refractivity contribution in [2.24, 2.45) is 0 Å². The Morgan fingerprint density at radius 1 is 0.307 bits per heavy atom. The molecule has 6 heteroatoms. The number of amides is 1. The van der Waals surface area contributed by atoms with Crippen LogP contribution in [0.15, 0.2) is 12.2 Å². The molecule has 0 fully saturated rings. The first-order valence-electron chi connectivity index (χ1n) is 41.0. The smallest absolute Gasteiger partial charge is 0.305 e. The number of aliphatic hydroxyl groups is 2. The average Bonchev–Trinajstić information content (AvgIpc) is 3.58. The van der Waals surface area contributed by atoms with Gasteiger partial charge in [-0.2, -0.15) is 0 Å². The molecule has 0 aliphatic rings. The normalized spacial score (nSPS) is 12.5. The van der Waals surface area contributed by atoms with Gasteiger partial charge in [0.15, 0.2) is 0 Å². The summed E-state index contributed by atoms with van der Waals surface area (Å²) in [6, 6.07) is -0.623. The molecule has 0 rings (SSSR count). The van der Waals surface area contributed by atoms with Crippen molar-refractivity contribution >= 4 is 11.9 Å².